The first-order valence-corrected chi connectivity index (χ1v) is 8.69. The normalized spacial score (nSPS) is 26.9. The van der Waals surface area contributed by atoms with Gasteiger partial charge < -0.3 is 5.73 Å². The molecule has 2 rings (SSSR count). The van der Waals surface area contributed by atoms with Crippen LogP contribution >= 0.6 is 15.9 Å². The summed E-state index contributed by atoms with van der Waals surface area (Å²) < 4.78 is 15.0. The van der Waals surface area contributed by atoms with Gasteiger partial charge in [-0.25, -0.2) is 4.39 Å². The molecule has 1 aromatic carbocycles. The number of halogens is 2. The number of hydrogen-bond acceptors (Lipinski definition) is 1. The number of benzene rings is 1. The lowest BCUT2D eigenvalue weighted by molar-refractivity contribution is 0.0920. The van der Waals surface area contributed by atoms with Crippen LogP contribution < -0.4 is 5.73 Å². The lowest BCUT2D eigenvalue weighted by Gasteiger charge is -2.44. The molecule has 1 nitrogen and oxygen atoms in total. The molecule has 0 radical (unpaired) electrons. The molecular formula is C18H27BrFN. The SMILES string of the molecule is CC(C)(C)C1CCC(CN)(Cc2cc(Br)ccc2F)CC1. The molecule has 118 valence electrons. The van der Waals surface area contributed by atoms with Gasteiger partial charge in [-0.05, 0) is 79.2 Å². The van der Waals surface area contributed by atoms with Crippen molar-refractivity contribution in [1.29, 1.82) is 0 Å². The summed E-state index contributed by atoms with van der Waals surface area (Å²) in [7, 11) is 0. The smallest absolute Gasteiger partial charge is 0.126 e. The molecule has 1 aliphatic carbocycles. The van der Waals surface area contributed by atoms with Crippen molar-refractivity contribution < 1.29 is 4.39 Å². The van der Waals surface area contributed by atoms with Crippen LogP contribution in [0.3, 0.4) is 0 Å². The number of nitrogens with two attached hydrogens (primary N) is 1. The molecule has 21 heavy (non-hydrogen) atoms. The van der Waals surface area contributed by atoms with Crippen LogP contribution in [0.15, 0.2) is 22.7 Å². The highest BCUT2D eigenvalue weighted by atomic mass is 79.9. The summed E-state index contributed by atoms with van der Waals surface area (Å²) in [4.78, 5) is 0. The first-order chi connectivity index (χ1) is 9.76. The minimum atomic E-state index is -0.107. The van der Waals surface area contributed by atoms with Gasteiger partial charge in [-0.2, -0.15) is 0 Å². The van der Waals surface area contributed by atoms with Crippen molar-refractivity contribution in [1.82, 2.24) is 0 Å². The zero-order valence-electron chi connectivity index (χ0n) is 13.4. The summed E-state index contributed by atoms with van der Waals surface area (Å²) in [6.45, 7) is 7.61. The Morgan fingerprint density at radius 1 is 1.29 bits per heavy atom. The molecule has 1 aliphatic rings. The van der Waals surface area contributed by atoms with Crippen LogP contribution in [0, 0.1) is 22.6 Å². The molecule has 0 spiro atoms. The second-order valence-corrected chi connectivity index (χ2v) is 8.67. The first kappa shape index (κ1) is 17.0. The Hall–Kier alpha value is -0.410. The van der Waals surface area contributed by atoms with E-state index in [1.807, 2.05) is 6.07 Å². The van der Waals surface area contributed by atoms with E-state index in [4.69, 9.17) is 5.73 Å². The number of rotatable bonds is 3. The van der Waals surface area contributed by atoms with E-state index in [2.05, 4.69) is 36.7 Å². The van der Waals surface area contributed by atoms with Gasteiger partial charge in [-0.3, -0.25) is 0 Å². The fourth-order valence-corrected chi connectivity index (χ4v) is 4.04. The Labute approximate surface area is 136 Å². The van der Waals surface area contributed by atoms with Gasteiger partial charge in [-0.1, -0.05) is 36.7 Å². The van der Waals surface area contributed by atoms with Crippen molar-refractivity contribution in [2.45, 2.75) is 52.9 Å². The van der Waals surface area contributed by atoms with Crippen LogP contribution in [0.5, 0.6) is 0 Å². The van der Waals surface area contributed by atoms with Crippen molar-refractivity contribution in [3.8, 4) is 0 Å². The summed E-state index contributed by atoms with van der Waals surface area (Å²) in [5.41, 5.74) is 7.33. The van der Waals surface area contributed by atoms with Gasteiger partial charge >= 0.3 is 0 Å². The van der Waals surface area contributed by atoms with Crippen LogP contribution in [0.2, 0.25) is 0 Å². The largest absolute Gasteiger partial charge is 0.330 e. The van der Waals surface area contributed by atoms with Crippen molar-refractivity contribution >= 4 is 15.9 Å². The summed E-state index contributed by atoms with van der Waals surface area (Å²) in [5.74, 6) is 0.647. The molecule has 0 unspecified atom stereocenters. The predicted molar refractivity (Wildman–Crippen MR) is 90.7 cm³/mol. The molecule has 0 aromatic heterocycles. The molecule has 0 heterocycles. The maximum Gasteiger partial charge on any atom is 0.126 e. The van der Waals surface area contributed by atoms with E-state index in [9.17, 15) is 4.39 Å². The van der Waals surface area contributed by atoms with Crippen molar-refractivity contribution in [3.05, 3.63) is 34.1 Å². The minimum absolute atomic E-state index is 0.0728. The molecule has 0 saturated heterocycles. The monoisotopic (exact) mass is 355 g/mol. The average molecular weight is 356 g/mol. The molecule has 1 saturated carbocycles. The van der Waals surface area contributed by atoms with E-state index in [0.29, 0.717) is 12.0 Å². The lowest BCUT2D eigenvalue weighted by atomic mass is 9.62. The van der Waals surface area contributed by atoms with E-state index < -0.39 is 0 Å². The third-order valence-corrected chi connectivity index (χ3v) is 5.77. The van der Waals surface area contributed by atoms with Crippen molar-refractivity contribution in [2.75, 3.05) is 6.54 Å². The second-order valence-electron chi connectivity index (χ2n) is 7.76. The van der Waals surface area contributed by atoms with Crippen LogP contribution in [0.25, 0.3) is 0 Å². The fourth-order valence-electron chi connectivity index (χ4n) is 3.63. The van der Waals surface area contributed by atoms with Gasteiger partial charge in [0.2, 0.25) is 0 Å². The van der Waals surface area contributed by atoms with Crippen LogP contribution in [0.1, 0.15) is 52.0 Å². The summed E-state index contributed by atoms with van der Waals surface area (Å²) in [6.07, 6.45) is 5.38. The van der Waals surface area contributed by atoms with Gasteiger partial charge in [0.1, 0.15) is 5.82 Å². The predicted octanol–water partition coefficient (Wildman–Crippen LogP) is 5.31. The maximum atomic E-state index is 14.0. The van der Waals surface area contributed by atoms with E-state index in [-0.39, 0.29) is 11.2 Å². The quantitative estimate of drug-likeness (QED) is 0.780. The molecule has 2 N–H and O–H groups in total. The van der Waals surface area contributed by atoms with Gasteiger partial charge in [0, 0.05) is 4.47 Å². The highest BCUT2D eigenvalue weighted by molar-refractivity contribution is 9.10. The Morgan fingerprint density at radius 2 is 1.90 bits per heavy atom. The Bertz CT molecular complexity index is 484. The van der Waals surface area contributed by atoms with Crippen LogP contribution in [0.4, 0.5) is 4.39 Å². The molecule has 1 fully saturated rings. The Kier molecular flexibility index (Phi) is 5.15. The number of hydrogen-bond donors (Lipinski definition) is 1. The average Bonchev–Trinajstić information content (AvgIpc) is 2.42. The van der Waals surface area contributed by atoms with Crippen molar-refractivity contribution in [2.24, 2.45) is 22.5 Å². The van der Waals surface area contributed by atoms with Crippen molar-refractivity contribution in [3.63, 3.8) is 0 Å². The molecular weight excluding hydrogens is 329 g/mol. The second kappa shape index (κ2) is 6.37. The van der Waals surface area contributed by atoms with E-state index in [1.165, 1.54) is 12.8 Å². The molecule has 0 aliphatic heterocycles. The minimum Gasteiger partial charge on any atom is -0.330 e. The molecule has 3 heteroatoms. The van der Waals surface area contributed by atoms with Crippen LogP contribution in [-0.4, -0.2) is 6.54 Å². The zero-order valence-corrected chi connectivity index (χ0v) is 15.0. The van der Waals surface area contributed by atoms with Gasteiger partial charge in [0.15, 0.2) is 0 Å². The lowest BCUT2D eigenvalue weighted by Crippen LogP contribution is -2.39. The van der Waals surface area contributed by atoms with Gasteiger partial charge in [0.05, 0.1) is 0 Å². The third kappa shape index (κ3) is 4.07. The zero-order chi connectivity index (χ0) is 15.7. The molecule has 1 aromatic rings. The van der Waals surface area contributed by atoms with Gasteiger partial charge in [0.25, 0.3) is 0 Å². The molecule has 0 amide bonds. The van der Waals surface area contributed by atoms with E-state index in [1.54, 1.807) is 12.1 Å². The highest BCUT2D eigenvalue weighted by Gasteiger charge is 2.38. The van der Waals surface area contributed by atoms with E-state index in [0.717, 1.165) is 35.2 Å². The maximum absolute atomic E-state index is 14.0. The summed E-state index contributed by atoms with van der Waals surface area (Å²) in [5, 5.41) is 0. The summed E-state index contributed by atoms with van der Waals surface area (Å²) >= 11 is 3.44. The molecule has 0 atom stereocenters. The standard InChI is InChI=1S/C18H27BrFN/c1-17(2,3)14-6-8-18(12-21,9-7-14)11-13-10-15(19)4-5-16(13)20/h4-5,10,14H,6-9,11-12,21H2,1-3H3. The highest BCUT2D eigenvalue weighted by Crippen LogP contribution is 2.46. The summed E-state index contributed by atoms with van der Waals surface area (Å²) in [6, 6.07) is 5.21. The molecule has 0 bridgehead atoms. The Morgan fingerprint density at radius 3 is 2.43 bits per heavy atom. The third-order valence-electron chi connectivity index (χ3n) is 5.28. The first-order valence-electron chi connectivity index (χ1n) is 7.90. The van der Waals surface area contributed by atoms with Crippen LogP contribution in [-0.2, 0) is 6.42 Å². The fraction of sp³-hybridized carbons (Fsp3) is 0.667. The topological polar surface area (TPSA) is 26.0 Å². The Balaban J connectivity index is 2.12. The van der Waals surface area contributed by atoms with E-state index >= 15 is 0 Å². The van der Waals surface area contributed by atoms with Gasteiger partial charge in [-0.15, -0.1) is 0 Å².